The highest BCUT2D eigenvalue weighted by atomic mass is 16.6. The molecule has 0 fully saturated rings. The monoisotopic (exact) mass is 277 g/mol. The number of fused-ring (bicyclic) bond motifs is 1. The van der Waals surface area contributed by atoms with E-state index in [2.05, 4.69) is 0 Å². The summed E-state index contributed by atoms with van der Waals surface area (Å²) in [5, 5.41) is 10.3. The molecule has 1 aromatic heterocycles. The molecule has 2 aromatic rings. The minimum absolute atomic E-state index is 0.196. The van der Waals surface area contributed by atoms with Crippen molar-refractivity contribution in [3.63, 3.8) is 0 Å². The molecule has 0 atom stereocenters. The molecule has 0 aliphatic rings. The van der Waals surface area contributed by atoms with Gasteiger partial charge in [-0.15, -0.1) is 0 Å². The Balaban J connectivity index is 0.000000956. The average molecular weight is 277 g/mol. The third-order valence-electron chi connectivity index (χ3n) is 2.55. The number of carbonyl (C=O) groups is 1. The second-order valence-electron chi connectivity index (χ2n) is 5.37. The van der Waals surface area contributed by atoms with Crippen LogP contribution in [0.1, 0.15) is 40.2 Å². The fourth-order valence-corrected chi connectivity index (χ4v) is 1.94. The van der Waals surface area contributed by atoms with E-state index >= 15 is 0 Å². The number of aryl methyl sites for hydroxylation is 1. The van der Waals surface area contributed by atoms with E-state index in [1.54, 1.807) is 24.4 Å². The Labute approximate surface area is 120 Å². The van der Waals surface area contributed by atoms with Crippen molar-refractivity contribution >= 4 is 17.0 Å². The molecule has 0 spiro atoms. The first-order valence-electron chi connectivity index (χ1n) is 6.82. The number of phenols is 1. The molecule has 2 rings (SSSR count). The van der Waals surface area contributed by atoms with Gasteiger partial charge < -0.3 is 9.84 Å². The highest BCUT2D eigenvalue weighted by Crippen LogP contribution is 2.26. The van der Waals surface area contributed by atoms with Gasteiger partial charge in [-0.2, -0.15) is 0 Å². The van der Waals surface area contributed by atoms with Gasteiger partial charge in [0, 0.05) is 11.6 Å². The van der Waals surface area contributed by atoms with Crippen molar-refractivity contribution in [2.75, 3.05) is 0 Å². The first kappa shape index (κ1) is 16.1. The largest absolute Gasteiger partial charge is 0.508 e. The summed E-state index contributed by atoms with van der Waals surface area (Å²) in [4.78, 5) is 12.1. The summed E-state index contributed by atoms with van der Waals surface area (Å²) in [5.41, 5.74) is 1.07. The van der Waals surface area contributed by atoms with Crippen LogP contribution in [0.15, 0.2) is 24.4 Å². The topological polar surface area (TPSA) is 51.5 Å². The molecule has 0 bridgehead atoms. The summed E-state index contributed by atoms with van der Waals surface area (Å²) < 4.78 is 6.80. The Morgan fingerprint density at radius 2 is 1.85 bits per heavy atom. The van der Waals surface area contributed by atoms with E-state index in [4.69, 9.17) is 4.74 Å². The molecule has 1 N–H and O–H groups in total. The van der Waals surface area contributed by atoms with Crippen molar-refractivity contribution < 1.29 is 14.6 Å². The summed E-state index contributed by atoms with van der Waals surface area (Å²) >= 11 is 0. The SMILES string of the molecule is CC.Cc1cc(O)cc2ccn(C(=O)OC(C)(C)C)c12. The maximum atomic E-state index is 12.1. The summed E-state index contributed by atoms with van der Waals surface area (Å²) in [6, 6.07) is 5.04. The van der Waals surface area contributed by atoms with Crippen LogP contribution in [0.2, 0.25) is 0 Å². The van der Waals surface area contributed by atoms with Crippen LogP contribution < -0.4 is 0 Å². The molecule has 110 valence electrons. The number of aromatic nitrogens is 1. The van der Waals surface area contributed by atoms with Gasteiger partial charge in [0.25, 0.3) is 0 Å². The van der Waals surface area contributed by atoms with Gasteiger partial charge >= 0.3 is 6.09 Å². The van der Waals surface area contributed by atoms with E-state index in [1.807, 2.05) is 41.5 Å². The lowest BCUT2D eigenvalue weighted by molar-refractivity contribution is 0.0544. The van der Waals surface area contributed by atoms with Gasteiger partial charge in [0.15, 0.2) is 0 Å². The lowest BCUT2D eigenvalue weighted by Crippen LogP contribution is -2.26. The Kier molecular flexibility index (Phi) is 4.82. The van der Waals surface area contributed by atoms with Crippen LogP contribution in [0.5, 0.6) is 5.75 Å². The van der Waals surface area contributed by atoms with Crippen molar-refractivity contribution in [3.05, 3.63) is 30.0 Å². The number of nitrogens with zero attached hydrogens (tertiary/aromatic N) is 1. The minimum Gasteiger partial charge on any atom is -0.508 e. The van der Waals surface area contributed by atoms with Crippen LogP contribution in [-0.2, 0) is 4.74 Å². The predicted molar refractivity (Wildman–Crippen MR) is 81.3 cm³/mol. The van der Waals surface area contributed by atoms with E-state index < -0.39 is 11.7 Å². The predicted octanol–water partition coefficient (Wildman–Crippen LogP) is 4.46. The standard InChI is InChI=1S/C14H17NO3.C2H6/c1-9-7-11(16)8-10-5-6-15(12(9)10)13(17)18-14(2,3)4;1-2/h5-8,16H,1-4H3;1-2H3. The van der Waals surface area contributed by atoms with Crippen molar-refractivity contribution in [1.82, 2.24) is 4.57 Å². The molecule has 0 saturated carbocycles. The van der Waals surface area contributed by atoms with Gasteiger partial charge in [0.1, 0.15) is 11.4 Å². The average Bonchev–Trinajstić information content (AvgIpc) is 2.73. The molecule has 4 heteroatoms. The number of ether oxygens (including phenoxy) is 1. The van der Waals surface area contributed by atoms with Crippen LogP contribution in [-0.4, -0.2) is 21.4 Å². The number of carbonyl (C=O) groups excluding carboxylic acids is 1. The zero-order valence-corrected chi connectivity index (χ0v) is 13.0. The van der Waals surface area contributed by atoms with E-state index in [0.717, 1.165) is 16.5 Å². The molecular weight excluding hydrogens is 254 g/mol. The molecule has 4 nitrogen and oxygen atoms in total. The van der Waals surface area contributed by atoms with Crippen LogP contribution in [0, 0.1) is 6.92 Å². The second kappa shape index (κ2) is 5.99. The number of aromatic hydroxyl groups is 1. The van der Waals surface area contributed by atoms with Crippen molar-refractivity contribution in [3.8, 4) is 5.75 Å². The molecule has 0 saturated heterocycles. The first-order valence-corrected chi connectivity index (χ1v) is 6.82. The summed E-state index contributed by atoms with van der Waals surface area (Å²) in [7, 11) is 0. The molecule has 20 heavy (non-hydrogen) atoms. The number of rotatable bonds is 0. The fraction of sp³-hybridized carbons (Fsp3) is 0.438. The zero-order valence-electron chi connectivity index (χ0n) is 13.0. The molecule has 0 radical (unpaired) electrons. The van der Waals surface area contributed by atoms with E-state index in [9.17, 15) is 9.90 Å². The molecule has 1 heterocycles. The van der Waals surface area contributed by atoms with Crippen LogP contribution in [0.25, 0.3) is 10.9 Å². The second-order valence-corrected chi connectivity index (χ2v) is 5.37. The zero-order chi connectivity index (χ0) is 15.5. The van der Waals surface area contributed by atoms with Gasteiger partial charge in [-0.1, -0.05) is 13.8 Å². The Morgan fingerprint density at radius 3 is 2.40 bits per heavy atom. The van der Waals surface area contributed by atoms with Gasteiger partial charge in [0.05, 0.1) is 5.52 Å². The highest BCUT2D eigenvalue weighted by molar-refractivity contribution is 5.92. The Hall–Kier alpha value is -1.97. The first-order chi connectivity index (χ1) is 9.28. The maximum absolute atomic E-state index is 12.1. The smallest absolute Gasteiger partial charge is 0.418 e. The van der Waals surface area contributed by atoms with E-state index in [0.29, 0.717) is 0 Å². The number of phenolic OH excluding ortho intramolecular Hbond substituents is 1. The minimum atomic E-state index is -0.529. The van der Waals surface area contributed by atoms with Crippen LogP contribution >= 0.6 is 0 Å². The maximum Gasteiger partial charge on any atom is 0.418 e. The normalized spacial score (nSPS) is 10.9. The summed E-state index contributed by atoms with van der Waals surface area (Å²) in [6.45, 7) is 11.3. The van der Waals surface area contributed by atoms with Gasteiger partial charge in [-0.25, -0.2) is 4.79 Å². The molecular formula is C16H23NO3. The summed E-state index contributed by atoms with van der Waals surface area (Å²) in [5.74, 6) is 0.196. The van der Waals surface area contributed by atoms with Crippen molar-refractivity contribution in [1.29, 1.82) is 0 Å². The highest BCUT2D eigenvalue weighted by Gasteiger charge is 2.19. The van der Waals surface area contributed by atoms with Gasteiger partial charge in [0.2, 0.25) is 0 Å². The lowest BCUT2D eigenvalue weighted by Gasteiger charge is -2.20. The van der Waals surface area contributed by atoms with Crippen LogP contribution in [0.4, 0.5) is 4.79 Å². The van der Waals surface area contributed by atoms with Gasteiger partial charge in [-0.05, 0) is 51.5 Å². The Morgan fingerprint density at radius 1 is 1.25 bits per heavy atom. The number of benzene rings is 1. The molecule has 0 unspecified atom stereocenters. The lowest BCUT2D eigenvalue weighted by atomic mass is 10.1. The summed E-state index contributed by atoms with van der Waals surface area (Å²) in [6.07, 6.45) is 1.25. The number of hydrogen-bond acceptors (Lipinski definition) is 3. The molecule has 0 aliphatic heterocycles. The Bertz CT molecular complexity index is 606. The number of hydrogen-bond donors (Lipinski definition) is 1. The molecule has 0 aliphatic carbocycles. The van der Waals surface area contributed by atoms with Gasteiger partial charge in [-0.3, -0.25) is 4.57 Å². The van der Waals surface area contributed by atoms with Crippen molar-refractivity contribution in [2.24, 2.45) is 0 Å². The third kappa shape index (κ3) is 3.53. The van der Waals surface area contributed by atoms with Crippen molar-refractivity contribution in [2.45, 2.75) is 47.1 Å². The quantitative estimate of drug-likeness (QED) is 0.773. The van der Waals surface area contributed by atoms with E-state index in [-0.39, 0.29) is 5.75 Å². The third-order valence-corrected chi connectivity index (χ3v) is 2.55. The van der Waals surface area contributed by atoms with Crippen LogP contribution in [0.3, 0.4) is 0 Å². The molecule has 1 aromatic carbocycles. The van der Waals surface area contributed by atoms with E-state index in [1.165, 1.54) is 4.57 Å². The molecule has 0 amide bonds. The fourth-order valence-electron chi connectivity index (χ4n) is 1.94.